The van der Waals surface area contributed by atoms with Crippen LogP contribution in [0.1, 0.15) is 144 Å². The number of fused-ring (bicyclic) bond motifs is 1. The summed E-state index contributed by atoms with van der Waals surface area (Å²) in [6.07, 6.45) is 23.3. The number of hydrogen-bond acceptors (Lipinski definition) is 0. The Bertz CT molecular complexity index is 315. The van der Waals surface area contributed by atoms with Crippen molar-refractivity contribution >= 4 is 0 Å². The minimum absolute atomic E-state index is 0. The van der Waals surface area contributed by atoms with E-state index < -0.39 is 0 Å². The van der Waals surface area contributed by atoms with Gasteiger partial charge in [0.25, 0.3) is 0 Å². The van der Waals surface area contributed by atoms with Crippen LogP contribution in [-0.4, -0.2) is 0 Å². The summed E-state index contributed by atoms with van der Waals surface area (Å²) in [5, 5.41) is 0. The zero-order chi connectivity index (χ0) is 20.5. The largest absolute Gasteiger partial charge is 2.00 e. The summed E-state index contributed by atoms with van der Waals surface area (Å²) >= 11 is 0. The molecule has 4 saturated carbocycles. The maximum absolute atomic E-state index is 3.91. The zero-order valence-electron chi connectivity index (χ0n) is 26.6. The van der Waals surface area contributed by atoms with Crippen molar-refractivity contribution in [3.8, 4) is 0 Å². The van der Waals surface area contributed by atoms with Gasteiger partial charge >= 0.3 is 42.1 Å². The van der Waals surface area contributed by atoms with Crippen LogP contribution < -0.4 is 0 Å². The second-order valence-corrected chi connectivity index (χ2v) is 9.77. The molecule has 4 fully saturated rings. The van der Waals surface area contributed by atoms with Crippen molar-refractivity contribution in [3.05, 3.63) is 49.3 Å². The van der Waals surface area contributed by atoms with Crippen molar-refractivity contribution in [2.75, 3.05) is 0 Å². The van der Waals surface area contributed by atoms with Crippen LogP contribution in [0.4, 0.5) is 0 Å². The first kappa shape index (κ1) is 61.3. The molecule has 0 N–H and O–H groups in total. The second-order valence-electron chi connectivity index (χ2n) is 9.77. The number of allylic oxidation sites excluding steroid dienone is 1. The van der Waals surface area contributed by atoms with Gasteiger partial charge in [-0.25, -0.2) is 0 Å². The number of rotatable bonds is 0. The van der Waals surface area contributed by atoms with Crippen molar-refractivity contribution in [1.29, 1.82) is 0 Å². The van der Waals surface area contributed by atoms with Crippen LogP contribution >= 0.6 is 0 Å². The second kappa shape index (κ2) is 40.7. The summed E-state index contributed by atoms with van der Waals surface area (Å²) in [5.41, 5.74) is 2.21. The summed E-state index contributed by atoms with van der Waals surface area (Å²) in [6, 6.07) is 0. The molecule has 0 aromatic rings. The van der Waals surface area contributed by atoms with Gasteiger partial charge in [-0.05, 0) is 55.8 Å². The van der Waals surface area contributed by atoms with Gasteiger partial charge < -0.3 is 37.1 Å². The van der Waals surface area contributed by atoms with E-state index in [-0.39, 0.29) is 112 Å². The van der Waals surface area contributed by atoms with Crippen LogP contribution in [0.2, 0.25) is 0 Å². The van der Waals surface area contributed by atoms with E-state index >= 15 is 0 Å². The van der Waals surface area contributed by atoms with Crippen LogP contribution in [0.5, 0.6) is 0 Å². The first-order chi connectivity index (χ1) is 13.0. The monoisotopic (exact) mass is 910 g/mol. The third-order valence-electron chi connectivity index (χ3n) is 6.28. The molecule has 213 valence electrons. The van der Waals surface area contributed by atoms with Crippen molar-refractivity contribution < 1.29 is 74.8 Å². The Morgan fingerprint density at radius 1 is 0.629 bits per heavy atom. The Morgan fingerprint density at radius 3 is 1.00 bits per heavy atom. The van der Waals surface area contributed by atoms with Crippen LogP contribution in [0.15, 0.2) is 12.2 Å². The molecule has 0 saturated heterocycles. The fraction of sp³-hybridized carbons (Fsp3) is 0.781. The molecule has 0 aromatic heterocycles. The summed E-state index contributed by atoms with van der Waals surface area (Å²) in [5.74, 6) is 2.31. The predicted molar refractivity (Wildman–Crippen MR) is 159 cm³/mol. The predicted octanol–water partition coefficient (Wildman–Crippen LogP) is 12.4. The third-order valence-corrected chi connectivity index (χ3v) is 6.28. The first-order valence-electron chi connectivity index (χ1n) is 12.6. The summed E-state index contributed by atoms with van der Waals surface area (Å²) in [7, 11) is 0. The molecule has 4 aliphatic carbocycles. The van der Waals surface area contributed by atoms with E-state index in [2.05, 4.69) is 34.3 Å². The molecule has 0 aromatic carbocycles. The van der Waals surface area contributed by atoms with Gasteiger partial charge in [0.15, 0.2) is 0 Å². The molecular formula is C32H69W2Y-. The molecule has 0 spiro atoms. The van der Waals surface area contributed by atoms with E-state index in [0.717, 1.165) is 17.3 Å². The summed E-state index contributed by atoms with van der Waals surface area (Å²) < 4.78 is 0. The molecule has 0 bridgehead atoms. The van der Waals surface area contributed by atoms with E-state index in [0.29, 0.717) is 0 Å². The van der Waals surface area contributed by atoms with Crippen molar-refractivity contribution in [3.63, 3.8) is 0 Å². The van der Waals surface area contributed by atoms with Crippen molar-refractivity contribution in [2.45, 2.75) is 144 Å². The van der Waals surface area contributed by atoms with Gasteiger partial charge in [0, 0.05) is 32.7 Å². The van der Waals surface area contributed by atoms with Gasteiger partial charge in [0.2, 0.25) is 0 Å². The molecule has 0 heterocycles. The molecule has 0 nitrogen and oxygen atoms in total. The molecule has 35 heavy (non-hydrogen) atoms. The smallest absolute Gasteiger partial charge is 0.358 e. The average Bonchev–Trinajstić information content (AvgIpc) is 3.40. The molecule has 0 unspecified atom stereocenters. The van der Waals surface area contributed by atoms with Gasteiger partial charge in [-0.1, -0.05) is 118 Å². The van der Waals surface area contributed by atoms with Crippen molar-refractivity contribution in [2.24, 2.45) is 17.3 Å². The minimum Gasteiger partial charge on any atom is -0.358 e. The van der Waals surface area contributed by atoms with Crippen molar-refractivity contribution in [1.82, 2.24) is 0 Å². The standard InChI is InChI=1S/C10H18.C7H12.C5H10.C3H8.C2H6.5CH3.2W.Y/c1-2-6-10-8-4-3-7-9(10)5-1;1-7-5-3-2-4-6-7;1-5(2)3-4-5;1-3-2;1-2;;;;;;;;/h9-10H,1-8H2;1-6H2;3-4H2,1-2H3;3H2,1-2H3;1-2H3;5*1H3;;;/q;;;;;5*-1;2*+2;. The Hall–Kier alpha value is 2.22. The maximum Gasteiger partial charge on any atom is 2.00 e. The third kappa shape index (κ3) is 38.4. The fourth-order valence-corrected chi connectivity index (χ4v) is 4.16. The first-order valence-corrected chi connectivity index (χ1v) is 12.6. The Morgan fingerprint density at radius 2 is 0.857 bits per heavy atom. The van der Waals surface area contributed by atoms with Crippen LogP contribution in [0, 0.1) is 54.4 Å². The molecule has 1 radical (unpaired) electrons. The SMILES string of the molecule is C1CCC2CCCCC2C1.C=C1CCCCC1.CC.CC1(C)CC1.CCC.[CH3-].[CH3-].[CH3-].[CH3-].[CH3-].[W+2].[W+2].[Y]. The van der Waals surface area contributed by atoms with Gasteiger partial charge in [-0.2, -0.15) is 0 Å². The Balaban J connectivity index is -0.0000000353. The maximum atomic E-state index is 3.91. The van der Waals surface area contributed by atoms with E-state index in [4.69, 9.17) is 0 Å². The Labute approximate surface area is 283 Å². The van der Waals surface area contributed by atoms with E-state index in [9.17, 15) is 0 Å². The molecule has 0 amide bonds. The molecule has 4 aliphatic rings. The molecular weight excluding hydrogens is 841 g/mol. The van der Waals surface area contributed by atoms with Gasteiger partial charge in [0.1, 0.15) is 0 Å². The normalized spacial score (nSPS) is 21.1. The van der Waals surface area contributed by atoms with E-state index in [1.54, 1.807) is 25.7 Å². The zero-order valence-corrected chi connectivity index (χ0v) is 35.3. The quantitative estimate of drug-likeness (QED) is 0.168. The number of hydrogen-bond donors (Lipinski definition) is 0. The molecule has 3 heteroatoms. The van der Waals surface area contributed by atoms with Crippen LogP contribution in [0.25, 0.3) is 0 Å². The average molecular weight is 910 g/mol. The summed E-state index contributed by atoms with van der Waals surface area (Å²) in [4.78, 5) is 0. The molecule has 0 atom stereocenters. The van der Waals surface area contributed by atoms with E-state index in [1.165, 1.54) is 82.6 Å². The van der Waals surface area contributed by atoms with Gasteiger partial charge in [0.05, 0.1) is 0 Å². The van der Waals surface area contributed by atoms with Crippen LogP contribution in [-0.2, 0) is 74.8 Å². The topological polar surface area (TPSA) is 0 Å². The van der Waals surface area contributed by atoms with Crippen LogP contribution in [0.3, 0.4) is 0 Å². The molecule has 0 aliphatic heterocycles. The van der Waals surface area contributed by atoms with E-state index in [1.807, 2.05) is 13.8 Å². The summed E-state index contributed by atoms with van der Waals surface area (Å²) in [6.45, 7) is 16.8. The minimum atomic E-state index is 0. The van der Waals surface area contributed by atoms with Gasteiger partial charge in [-0.3, -0.25) is 0 Å². The fourth-order valence-electron chi connectivity index (χ4n) is 4.16. The molecule has 4 rings (SSSR count). The van der Waals surface area contributed by atoms with Gasteiger partial charge in [-0.15, -0.1) is 0 Å². The Kier molecular flexibility index (Phi) is 71.3.